The van der Waals surface area contributed by atoms with Crippen molar-refractivity contribution in [1.29, 1.82) is 0 Å². The first-order valence-corrected chi connectivity index (χ1v) is 16.2. The van der Waals surface area contributed by atoms with Crippen LogP contribution in [-0.2, 0) is 32.6 Å². The van der Waals surface area contributed by atoms with Crippen LogP contribution in [0.4, 0.5) is 5.69 Å². The maximum Gasteiger partial charge on any atom is 0.243 e. The second-order valence-electron chi connectivity index (χ2n) is 9.73. The molecule has 1 unspecified atom stereocenters. The van der Waals surface area contributed by atoms with Crippen LogP contribution in [0.15, 0.2) is 66.7 Å². The number of aryl methyl sites for hydroxylation is 1. The van der Waals surface area contributed by atoms with E-state index in [1.807, 2.05) is 37.3 Å². The smallest absolute Gasteiger partial charge is 0.243 e. The number of rotatable bonds is 13. The summed E-state index contributed by atoms with van der Waals surface area (Å²) in [4.78, 5) is 28.7. The topological polar surface area (TPSA) is 86.8 Å². The Bertz CT molecular complexity index is 1470. The molecule has 0 bridgehead atoms. The van der Waals surface area contributed by atoms with Gasteiger partial charge in [-0.1, -0.05) is 77.3 Å². The lowest BCUT2D eigenvalue weighted by Gasteiger charge is -2.32. The number of nitrogens with zero attached hydrogens (tertiary/aromatic N) is 2. The van der Waals surface area contributed by atoms with Gasteiger partial charge in [-0.15, -0.1) is 0 Å². The van der Waals surface area contributed by atoms with Gasteiger partial charge in [0.2, 0.25) is 21.8 Å². The van der Waals surface area contributed by atoms with Crippen molar-refractivity contribution in [2.75, 3.05) is 23.7 Å². The van der Waals surface area contributed by atoms with Gasteiger partial charge in [0.05, 0.1) is 11.9 Å². The van der Waals surface area contributed by atoms with Gasteiger partial charge in [-0.3, -0.25) is 13.9 Å². The molecule has 220 valence electrons. The molecule has 0 aliphatic carbocycles. The number of amides is 2. The van der Waals surface area contributed by atoms with E-state index >= 15 is 0 Å². The minimum absolute atomic E-state index is 0.00152. The minimum Gasteiger partial charge on any atom is -0.355 e. The third kappa shape index (κ3) is 9.36. The van der Waals surface area contributed by atoms with E-state index in [2.05, 4.69) is 5.32 Å². The maximum absolute atomic E-state index is 13.8. The van der Waals surface area contributed by atoms with Crippen LogP contribution in [0.2, 0.25) is 15.1 Å². The third-order valence-corrected chi connectivity index (χ3v) is 8.57. The Kier molecular flexibility index (Phi) is 11.9. The zero-order valence-corrected chi connectivity index (χ0v) is 26.3. The zero-order valence-electron chi connectivity index (χ0n) is 23.2. The third-order valence-electron chi connectivity index (χ3n) is 6.57. The number of carbonyl (C=O) groups excluding carboxylic acids is 2. The van der Waals surface area contributed by atoms with E-state index in [1.165, 1.54) is 9.21 Å². The van der Waals surface area contributed by atoms with E-state index in [4.69, 9.17) is 34.8 Å². The largest absolute Gasteiger partial charge is 0.355 e. The molecule has 0 fully saturated rings. The number of benzene rings is 3. The second-order valence-corrected chi connectivity index (χ2v) is 12.9. The predicted octanol–water partition coefficient (Wildman–Crippen LogP) is 6.28. The summed E-state index contributed by atoms with van der Waals surface area (Å²) in [5.74, 6) is -0.596. The van der Waals surface area contributed by atoms with Gasteiger partial charge in [0.1, 0.15) is 6.04 Å². The lowest BCUT2D eigenvalue weighted by Crippen LogP contribution is -2.50. The van der Waals surface area contributed by atoms with E-state index in [9.17, 15) is 18.0 Å². The zero-order chi connectivity index (χ0) is 30.2. The Morgan fingerprint density at radius 1 is 0.951 bits per heavy atom. The maximum atomic E-state index is 13.8. The summed E-state index contributed by atoms with van der Waals surface area (Å²) < 4.78 is 26.6. The quantitative estimate of drug-likeness (QED) is 0.239. The number of likely N-dealkylation sites (N-methyl/N-ethyl adjacent to an activating group) is 1. The summed E-state index contributed by atoms with van der Waals surface area (Å²) in [7, 11) is -3.66. The minimum atomic E-state index is -3.66. The van der Waals surface area contributed by atoms with Crippen LogP contribution in [0.5, 0.6) is 0 Å². The van der Waals surface area contributed by atoms with E-state index in [0.717, 1.165) is 17.4 Å². The number of nitrogens with one attached hydrogen (secondary N) is 1. The Morgan fingerprint density at radius 3 is 2.24 bits per heavy atom. The van der Waals surface area contributed by atoms with Gasteiger partial charge in [-0.25, -0.2) is 8.42 Å². The predicted molar refractivity (Wildman–Crippen MR) is 167 cm³/mol. The molecule has 0 aliphatic heterocycles. The lowest BCUT2D eigenvalue weighted by atomic mass is 10.0. The number of hydrogen-bond donors (Lipinski definition) is 1. The van der Waals surface area contributed by atoms with Crippen molar-refractivity contribution in [2.24, 2.45) is 0 Å². The molecule has 0 aliphatic rings. The molecular weight excluding hydrogens is 605 g/mol. The number of halogens is 3. The molecule has 0 radical (unpaired) electrons. The highest BCUT2D eigenvalue weighted by Gasteiger charge is 2.31. The monoisotopic (exact) mass is 637 g/mol. The van der Waals surface area contributed by atoms with Gasteiger partial charge in [-0.2, -0.15) is 0 Å². The lowest BCUT2D eigenvalue weighted by molar-refractivity contribution is -0.141. The van der Waals surface area contributed by atoms with Crippen LogP contribution in [0.25, 0.3) is 0 Å². The molecule has 3 aromatic rings. The average molecular weight is 639 g/mol. The van der Waals surface area contributed by atoms with Crippen molar-refractivity contribution in [3.8, 4) is 0 Å². The van der Waals surface area contributed by atoms with Crippen LogP contribution in [0.3, 0.4) is 0 Å². The molecule has 0 heterocycles. The first-order valence-electron chi connectivity index (χ1n) is 13.2. The Morgan fingerprint density at radius 2 is 1.61 bits per heavy atom. The highest BCUT2D eigenvalue weighted by molar-refractivity contribution is 7.92. The second kappa shape index (κ2) is 14.9. The molecule has 3 rings (SSSR count). The average Bonchev–Trinajstić information content (AvgIpc) is 2.91. The molecule has 3 aromatic carbocycles. The molecular formula is C30H34Cl3N3O4S. The van der Waals surface area contributed by atoms with Crippen LogP contribution < -0.4 is 9.62 Å². The highest BCUT2D eigenvalue weighted by atomic mass is 35.5. The van der Waals surface area contributed by atoms with Gasteiger partial charge in [0.25, 0.3) is 0 Å². The van der Waals surface area contributed by atoms with Crippen LogP contribution in [-0.4, -0.2) is 50.5 Å². The number of sulfonamides is 1. The Labute approximate surface area is 257 Å². The van der Waals surface area contributed by atoms with Crippen molar-refractivity contribution in [1.82, 2.24) is 10.2 Å². The van der Waals surface area contributed by atoms with Crippen molar-refractivity contribution < 1.29 is 18.0 Å². The standard InChI is InChI=1S/C30H34Cl3N3O4S/c1-4-34-30(38)28(17-22-9-6-5-7-10-22)35(20-23-13-15-24(31)18-26(23)33)29(37)11-8-16-36(41(3,39)40)27-19-25(32)14-12-21(27)2/h5-7,9-10,12-15,18-19,28H,4,8,11,16-17,20H2,1-3H3,(H,34,38). The normalized spacial score (nSPS) is 12.0. The van der Waals surface area contributed by atoms with E-state index < -0.39 is 16.1 Å². The molecule has 0 saturated carbocycles. The molecule has 0 aromatic heterocycles. The fraction of sp³-hybridized carbons (Fsp3) is 0.333. The molecule has 7 nitrogen and oxygen atoms in total. The Balaban J connectivity index is 1.91. The molecule has 11 heteroatoms. The summed E-state index contributed by atoms with van der Waals surface area (Å²) in [5, 5.41) is 4.10. The Hall–Kier alpha value is -2.78. The summed E-state index contributed by atoms with van der Waals surface area (Å²) in [6, 6.07) is 18.7. The van der Waals surface area contributed by atoms with Crippen LogP contribution >= 0.6 is 34.8 Å². The fourth-order valence-electron chi connectivity index (χ4n) is 4.51. The van der Waals surface area contributed by atoms with E-state index in [0.29, 0.717) is 39.3 Å². The van der Waals surface area contributed by atoms with Gasteiger partial charge < -0.3 is 10.2 Å². The van der Waals surface area contributed by atoms with Crippen molar-refractivity contribution in [3.63, 3.8) is 0 Å². The van der Waals surface area contributed by atoms with Gasteiger partial charge in [0.15, 0.2) is 0 Å². The SMILES string of the molecule is CCNC(=O)C(Cc1ccccc1)N(Cc1ccc(Cl)cc1Cl)C(=O)CCCN(c1cc(Cl)ccc1C)S(C)(=O)=O. The van der Waals surface area contributed by atoms with Crippen LogP contribution in [0, 0.1) is 6.92 Å². The van der Waals surface area contributed by atoms with Gasteiger partial charge in [0, 0.05) is 47.5 Å². The molecule has 41 heavy (non-hydrogen) atoms. The molecule has 0 spiro atoms. The highest BCUT2D eigenvalue weighted by Crippen LogP contribution is 2.28. The number of anilines is 1. The fourth-order valence-corrected chi connectivity index (χ4v) is 6.16. The molecule has 0 saturated heterocycles. The first kappa shape index (κ1) is 32.7. The molecule has 1 atom stereocenters. The van der Waals surface area contributed by atoms with E-state index in [-0.39, 0.29) is 37.7 Å². The summed E-state index contributed by atoms with van der Waals surface area (Å²) in [6.07, 6.45) is 1.63. The van der Waals surface area contributed by atoms with Crippen LogP contribution in [0.1, 0.15) is 36.5 Å². The summed E-state index contributed by atoms with van der Waals surface area (Å²) >= 11 is 18.7. The number of hydrogen-bond acceptors (Lipinski definition) is 4. The molecule has 2 amide bonds. The van der Waals surface area contributed by atoms with Crippen molar-refractivity contribution in [2.45, 2.75) is 45.7 Å². The number of carbonyl (C=O) groups is 2. The van der Waals surface area contributed by atoms with Crippen molar-refractivity contribution in [3.05, 3.63) is 98.5 Å². The van der Waals surface area contributed by atoms with Gasteiger partial charge in [-0.05, 0) is 61.2 Å². The first-order chi connectivity index (χ1) is 19.4. The summed E-state index contributed by atoms with van der Waals surface area (Å²) in [5.41, 5.74) is 2.73. The van der Waals surface area contributed by atoms with Crippen molar-refractivity contribution >= 4 is 62.3 Å². The summed E-state index contributed by atoms with van der Waals surface area (Å²) in [6.45, 7) is 4.15. The van der Waals surface area contributed by atoms with E-state index in [1.54, 1.807) is 43.3 Å². The van der Waals surface area contributed by atoms with Gasteiger partial charge >= 0.3 is 0 Å². The molecule has 1 N–H and O–H groups in total.